The topological polar surface area (TPSA) is 95.5 Å². The minimum absolute atomic E-state index is 0.0186. The molecule has 2 atom stereocenters. The summed E-state index contributed by atoms with van der Waals surface area (Å²) in [5.41, 5.74) is 0.574. The lowest BCUT2D eigenvalue weighted by atomic mass is 9.95. The lowest BCUT2D eigenvalue weighted by molar-refractivity contribution is -0.147. The van der Waals surface area contributed by atoms with Gasteiger partial charge in [-0.3, -0.25) is 9.59 Å². The summed E-state index contributed by atoms with van der Waals surface area (Å²) in [4.78, 5) is 35.2. The fourth-order valence-electron chi connectivity index (χ4n) is 2.56. The van der Waals surface area contributed by atoms with Gasteiger partial charge in [-0.1, -0.05) is 43.2 Å². The fourth-order valence-corrected chi connectivity index (χ4v) is 2.56. The second kappa shape index (κ2) is 8.47. The molecule has 132 valence electrons. The SMILES string of the molecule is CCCC(C)(NC(=O)CC(NC(C)=O)c1ccc(C)cc1)C(=O)O. The minimum atomic E-state index is -1.31. The maximum Gasteiger partial charge on any atom is 0.329 e. The van der Waals surface area contributed by atoms with Gasteiger partial charge in [-0.15, -0.1) is 0 Å². The molecule has 2 amide bonds. The molecule has 0 spiro atoms. The summed E-state index contributed by atoms with van der Waals surface area (Å²) in [5.74, 6) is -1.72. The maximum atomic E-state index is 12.3. The van der Waals surface area contributed by atoms with Crippen LogP contribution in [0.25, 0.3) is 0 Å². The molecule has 0 bridgehead atoms. The number of carboxylic acids is 1. The van der Waals surface area contributed by atoms with Gasteiger partial charge in [0.1, 0.15) is 5.54 Å². The second-order valence-electron chi connectivity index (χ2n) is 6.30. The molecule has 0 heterocycles. The smallest absolute Gasteiger partial charge is 0.329 e. The third kappa shape index (κ3) is 5.68. The van der Waals surface area contributed by atoms with Crippen LogP contribution in [0.5, 0.6) is 0 Å². The average molecular weight is 334 g/mol. The number of rotatable bonds is 8. The zero-order valence-electron chi connectivity index (χ0n) is 14.7. The molecule has 0 aliphatic carbocycles. The largest absolute Gasteiger partial charge is 0.480 e. The molecule has 0 saturated carbocycles. The molecule has 24 heavy (non-hydrogen) atoms. The maximum absolute atomic E-state index is 12.3. The first-order chi connectivity index (χ1) is 11.2. The van der Waals surface area contributed by atoms with E-state index in [4.69, 9.17) is 0 Å². The van der Waals surface area contributed by atoms with Gasteiger partial charge in [0.25, 0.3) is 0 Å². The van der Waals surface area contributed by atoms with Crippen LogP contribution in [0.4, 0.5) is 0 Å². The zero-order chi connectivity index (χ0) is 18.3. The van der Waals surface area contributed by atoms with Gasteiger partial charge in [-0.05, 0) is 25.8 Å². The van der Waals surface area contributed by atoms with E-state index in [1.165, 1.54) is 13.8 Å². The summed E-state index contributed by atoms with van der Waals surface area (Å²) in [6.45, 7) is 6.69. The van der Waals surface area contributed by atoms with E-state index in [1.54, 1.807) is 0 Å². The average Bonchev–Trinajstić information content (AvgIpc) is 2.46. The van der Waals surface area contributed by atoms with E-state index in [1.807, 2.05) is 38.1 Å². The summed E-state index contributed by atoms with van der Waals surface area (Å²) in [5, 5.41) is 14.7. The highest BCUT2D eigenvalue weighted by Gasteiger charge is 2.34. The molecule has 0 aliphatic rings. The van der Waals surface area contributed by atoms with Crippen molar-refractivity contribution < 1.29 is 19.5 Å². The summed E-state index contributed by atoms with van der Waals surface area (Å²) in [6, 6.07) is 7.01. The van der Waals surface area contributed by atoms with E-state index < -0.39 is 23.5 Å². The minimum Gasteiger partial charge on any atom is -0.480 e. The molecule has 0 radical (unpaired) electrons. The molecule has 6 heteroatoms. The Morgan fingerprint density at radius 2 is 1.79 bits per heavy atom. The van der Waals surface area contributed by atoms with Gasteiger partial charge in [0, 0.05) is 6.92 Å². The number of benzene rings is 1. The molecule has 0 fully saturated rings. The Balaban J connectivity index is 2.89. The van der Waals surface area contributed by atoms with Crippen LogP contribution < -0.4 is 10.6 Å². The number of carboxylic acid groups (broad SMARTS) is 1. The summed E-state index contributed by atoms with van der Waals surface area (Å²) in [7, 11) is 0. The van der Waals surface area contributed by atoms with Crippen LogP contribution in [0.15, 0.2) is 24.3 Å². The van der Waals surface area contributed by atoms with Crippen molar-refractivity contribution in [3.63, 3.8) is 0 Å². The first-order valence-electron chi connectivity index (χ1n) is 8.06. The first kappa shape index (κ1) is 19.7. The third-order valence-corrected chi connectivity index (χ3v) is 3.88. The summed E-state index contributed by atoms with van der Waals surface area (Å²) in [6.07, 6.45) is 0.953. The zero-order valence-corrected chi connectivity index (χ0v) is 14.7. The van der Waals surface area contributed by atoms with Crippen molar-refractivity contribution in [2.75, 3.05) is 0 Å². The standard InChI is InChI=1S/C18H26N2O4/c1-5-10-18(4,17(23)24)20-16(22)11-15(19-13(3)21)14-8-6-12(2)7-9-14/h6-9,15H,5,10-11H2,1-4H3,(H,19,21)(H,20,22)(H,23,24). The number of carbonyl (C=O) groups excluding carboxylic acids is 2. The van der Waals surface area contributed by atoms with Crippen molar-refractivity contribution in [3.05, 3.63) is 35.4 Å². The van der Waals surface area contributed by atoms with Gasteiger partial charge >= 0.3 is 5.97 Å². The van der Waals surface area contributed by atoms with Crippen molar-refractivity contribution in [1.29, 1.82) is 0 Å². The van der Waals surface area contributed by atoms with Crippen LogP contribution in [0, 0.1) is 6.92 Å². The fraction of sp³-hybridized carbons (Fsp3) is 0.500. The van der Waals surface area contributed by atoms with Gasteiger partial charge in [0.15, 0.2) is 0 Å². The van der Waals surface area contributed by atoms with Crippen LogP contribution in [-0.2, 0) is 14.4 Å². The lowest BCUT2D eigenvalue weighted by Crippen LogP contribution is -2.52. The molecule has 1 rings (SSSR count). The van der Waals surface area contributed by atoms with Gasteiger partial charge in [-0.2, -0.15) is 0 Å². The molecule has 6 nitrogen and oxygen atoms in total. The lowest BCUT2D eigenvalue weighted by Gasteiger charge is -2.27. The van der Waals surface area contributed by atoms with Crippen molar-refractivity contribution in [1.82, 2.24) is 10.6 Å². The third-order valence-electron chi connectivity index (χ3n) is 3.88. The number of nitrogens with one attached hydrogen (secondary N) is 2. The van der Waals surface area contributed by atoms with Crippen LogP contribution >= 0.6 is 0 Å². The normalized spacial score (nSPS) is 14.3. The van der Waals surface area contributed by atoms with Gasteiger partial charge in [0.2, 0.25) is 11.8 Å². The van der Waals surface area contributed by atoms with E-state index in [2.05, 4.69) is 10.6 Å². The summed E-state index contributed by atoms with van der Waals surface area (Å²) >= 11 is 0. The quantitative estimate of drug-likeness (QED) is 0.680. The van der Waals surface area contributed by atoms with Gasteiger partial charge in [0.05, 0.1) is 12.5 Å². The number of aryl methyl sites for hydroxylation is 1. The number of hydrogen-bond acceptors (Lipinski definition) is 3. The number of hydrogen-bond donors (Lipinski definition) is 3. The van der Waals surface area contributed by atoms with Gasteiger partial charge in [-0.25, -0.2) is 4.79 Å². The van der Waals surface area contributed by atoms with Gasteiger partial charge < -0.3 is 15.7 Å². The molecule has 0 aliphatic heterocycles. The predicted molar refractivity (Wildman–Crippen MR) is 91.4 cm³/mol. The van der Waals surface area contributed by atoms with Crippen LogP contribution in [0.2, 0.25) is 0 Å². The molecule has 0 aromatic heterocycles. The Bertz CT molecular complexity index is 598. The van der Waals surface area contributed by atoms with Crippen molar-refractivity contribution in [2.45, 2.75) is 58.5 Å². The molecule has 0 saturated heterocycles. The van der Waals surface area contributed by atoms with E-state index in [0.717, 1.165) is 11.1 Å². The number of carbonyl (C=O) groups is 3. The Kier molecular flexibility index (Phi) is 6.95. The van der Waals surface area contributed by atoms with Crippen LogP contribution in [-0.4, -0.2) is 28.4 Å². The second-order valence-corrected chi connectivity index (χ2v) is 6.30. The summed E-state index contributed by atoms with van der Waals surface area (Å²) < 4.78 is 0. The highest BCUT2D eigenvalue weighted by atomic mass is 16.4. The molecule has 3 N–H and O–H groups in total. The molecular formula is C18H26N2O4. The van der Waals surface area contributed by atoms with E-state index in [0.29, 0.717) is 12.8 Å². The van der Waals surface area contributed by atoms with Crippen molar-refractivity contribution in [3.8, 4) is 0 Å². The van der Waals surface area contributed by atoms with Crippen LogP contribution in [0.1, 0.15) is 57.2 Å². The van der Waals surface area contributed by atoms with E-state index in [9.17, 15) is 19.5 Å². The molecular weight excluding hydrogens is 308 g/mol. The first-order valence-corrected chi connectivity index (χ1v) is 8.06. The molecule has 1 aromatic carbocycles. The van der Waals surface area contributed by atoms with Crippen molar-refractivity contribution >= 4 is 17.8 Å². The Morgan fingerprint density at radius 1 is 1.21 bits per heavy atom. The number of amides is 2. The monoisotopic (exact) mass is 334 g/mol. The Morgan fingerprint density at radius 3 is 2.25 bits per heavy atom. The predicted octanol–water partition coefficient (Wildman–Crippen LogP) is 2.32. The van der Waals surface area contributed by atoms with Crippen molar-refractivity contribution in [2.24, 2.45) is 0 Å². The van der Waals surface area contributed by atoms with E-state index >= 15 is 0 Å². The highest BCUT2D eigenvalue weighted by Crippen LogP contribution is 2.19. The molecule has 2 unspecified atom stereocenters. The molecule has 1 aromatic rings. The highest BCUT2D eigenvalue weighted by molar-refractivity contribution is 5.87. The Labute approximate surface area is 142 Å². The van der Waals surface area contributed by atoms with Crippen LogP contribution in [0.3, 0.4) is 0 Å². The number of aliphatic carboxylic acids is 1. The Hall–Kier alpha value is -2.37. The van der Waals surface area contributed by atoms with E-state index in [-0.39, 0.29) is 12.3 Å².